The molecule has 0 fully saturated rings. The van der Waals surface area contributed by atoms with Crippen molar-refractivity contribution >= 4 is 23.4 Å². The second-order valence-corrected chi connectivity index (χ2v) is 6.70. The van der Waals surface area contributed by atoms with Gasteiger partial charge in [-0.05, 0) is 33.8 Å². The smallest absolute Gasteiger partial charge is 0.319 e. The van der Waals surface area contributed by atoms with Gasteiger partial charge in [0.05, 0.1) is 17.1 Å². The van der Waals surface area contributed by atoms with Crippen LogP contribution in [0.1, 0.15) is 27.7 Å². The molecule has 0 aliphatic carbocycles. The van der Waals surface area contributed by atoms with Crippen LogP contribution in [0.2, 0.25) is 0 Å². The number of nitrogens with zero attached hydrogens (tertiary/aromatic N) is 1. The fourth-order valence-electron chi connectivity index (χ4n) is 1.40. The van der Waals surface area contributed by atoms with Crippen LogP contribution >= 0.6 is 11.8 Å². The van der Waals surface area contributed by atoms with Crippen LogP contribution in [0.25, 0.3) is 0 Å². The number of non-ortho nitro benzene ring substituents is 1. The molecular formula is C13H17NO5S. The van der Waals surface area contributed by atoms with Crippen LogP contribution in [0.4, 0.5) is 5.69 Å². The van der Waals surface area contributed by atoms with Crippen LogP contribution in [0.15, 0.2) is 23.1 Å². The number of benzene rings is 1. The third-order valence-electron chi connectivity index (χ3n) is 2.34. The minimum absolute atomic E-state index is 0.119. The Morgan fingerprint density at radius 3 is 2.45 bits per heavy atom. The zero-order valence-corrected chi connectivity index (χ0v) is 12.6. The van der Waals surface area contributed by atoms with E-state index in [1.54, 1.807) is 19.9 Å². The molecule has 0 spiro atoms. The molecule has 0 aromatic heterocycles. The van der Waals surface area contributed by atoms with Crippen LogP contribution in [-0.4, -0.2) is 26.9 Å². The van der Waals surface area contributed by atoms with Gasteiger partial charge in [-0.3, -0.25) is 14.9 Å². The Labute approximate surface area is 121 Å². The van der Waals surface area contributed by atoms with Gasteiger partial charge in [-0.1, -0.05) is 0 Å². The minimum Gasteiger partial charge on any atom is -0.491 e. The Balaban J connectivity index is 3.15. The molecule has 0 bridgehead atoms. The summed E-state index contributed by atoms with van der Waals surface area (Å²) in [6.07, 6.45) is -0.123. The fraction of sp³-hybridized carbons (Fsp3) is 0.462. The van der Waals surface area contributed by atoms with E-state index in [1.165, 1.54) is 12.1 Å². The first-order valence-corrected chi connectivity index (χ1v) is 6.82. The van der Waals surface area contributed by atoms with Crippen molar-refractivity contribution in [3.63, 3.8) is 0 Å². The molecule has 0 saturated heterocycles. The van der Waals surface area contributed by atoms with E-state index in [0.717, 1.165) is 11.8 Å². The lowest BCUT2D eigenvalue weighted by Gasteiger charge is -2.19. The third-order valence-corrected chi connectivity index (χ3v) is 3.49. The third kappa shape index (κ3) is 4.41. The molecule has 6 nitrogen and oxygen atoms in total. The predicted octanol–water partition coefficient (Wildman–Crippen LogP) is 3.34. The van der Waals surface area contributed by atoms with Crippen LogP contribution in [0, 0.1) is 10.1 Å². The van der Waals surface area contributed by atoms with Crippen LogP contribution in [0.5, 0.6) is 5.75 Å². The normalized spacial score (nSPS) is 11.4. The van der Waals surface area contributed by atoms with Gasteiger partial charge in [-0.15, -0.1) is 11.8 Å². The summed E-state index contributed by atoms with van der Waals surface area (Å²) in [5.74, 6) is -0.627. The molecule has 1 aromatic carbocycles. The molecule has 0 aliphatic heterocycles. The number of carboxylic acid groups (broad SMARTS) is 1. The summed E-state index contributed by atoms with van der Waals surface area (Å²) in [5, 5.41) is 20.0. The van der Waals surface area contributed by atoms with Crippen molar-refractivity contribution < 1.29 is 19.6 Å². The average molecular weight is 299 g/mol. The van der Waals surface area contributed by atoms with Gasteiger partial charge >= 0.3 is 5.97 Å². The highest BCUT2D eigenvalue weighted by molar-refractivity contribution is 8.01. The lowest BCUT2D eigenvalue weighted by molar-refractivity contribution is -0.385. The molecule has 7 heteroatoms. The number of nitro benzene ring substituents is 1. The highest BCUT2D eigenvalue weighted by atomic mass is 32.2. The molecule has 110 valence electrons. The number of thioether (sulfide) groups is 1. The van der Waals surface area contributed by atoms with Crippen molar-refractivity contribution in [1.82, 2.24) is 0 Å². The number of carbonyl (C=O) groups is 1. The SMILES string of the molecule is CC(C)Oc1cc(SC(C)(C)C(=O)O)cc([N+](=O)[O-])c1. The van der Waals surface area contributed by atoms with E-state index in [1.807, 2.05) is 13.8 Å². The van der Waals surface area contributed by atoms with E-state index in [9.17, 15) is 14.9 Å². The van der Waals surface area contributed by atoms with Gasteiger partial charge < -0.3 is 9.84 Å². The number of ether oxygens (including phenoxy) is 1. The Morgan fingerprint density at radius 2 is 2.00 bits per heavy atom. The molecular weight excluding hydrogens is 282 g/mol. The molecule has 1 aromatic rings. The average Bonchev–Trinajstić information content (AvgIpc) is 2.26. The van der Waals surface area contributed by atoms with Gasteiger partial charge in [0, 0.05) is 11.0 Å². The number of nitro groups is 1. The van der Waals surface area contributed by atoms with Crippen molar-refractivity contribution in [2.75, 3.05) is 0 Å². The highest BCUT2D eigenvalue weighted by Gasteiger charge is 2.29. The molecule has 0 radical (unpaired) electrons. The van der Waals surface area contributed by atoms with Crippen molar-refractivity contribution in [3.8, 4) is 5.75 Å². The van der Waals surface area contributed by atoms with Gasteiger partial charge in [0.15, 0.2) is 0 Å². The minimum atomic E-state index is -1.08. The van der Waals surface area contributed by atoms with Crippen LogP contribution in [-0.2, 0) is 4.79 Å². The lowest BCUT2D eigenvalue weighted by Crippen LogP contribution is -2.26. The summed E-state index contributed by atoms with van der Waals surface area (Å²) in [7, 11) is 0. The molecule has 0 amide bonds. The van der Waals surface area contributed by atoms with E-state index >= 15 is 0 Å². The summed E-state index contributed by atoms with van der Waals surface area (Å²) >= 11 is 1.04. The van der Waals surface area contributed by atoms with Gasteiger partial charge in [-0.2, -0.15) is 0 Å². The van der Waals surface area contributed by atoms with E-state index in [0.29, 0.717) is 10.6 Å². The van der Waals surface area contributed by atoms with E-state index in [4.69, 9.17) is 9.84 Å². The van der Waals surface area contributed by atoms with Crippen molar-refractivity contribution in [3.05, 3.63) is 28.3 Å². The van der Waals surface area contributed by atoms with Gasteiger partial charge in [-0.25, -0.2) is 0 Å². The maximum absolute atomic E-state index is 11.1. The molecule has 1 N–H and O–H groups in total. The predicted molar refractivity (Wildman–Crippen MR) is 76.4 cm³/mol. The molecule has 0 atom stereocenters. The summed E-state index contributed by atoms with van der Waals surface area (Å²) in [5.41, 5.74) is -0.119. The second kappa shape index (κ2) is 6.13. The van der Waals surface area contributed by atoms with Crippen molar-refractivity contribution in [2.24, 2.45) is 0 Å². The molecule has 0 unspecified atom stereocenters. The Hall–Kier alpha value is -1.76. The first-order chi connectivity index (χ1) is 9.11. The number of aliphatic carboxylic acids is 1. The summed E-state index contributed by atoms with van der Waals surface area (Å²) in [6, 6.07) is 4.29. The van der Waals surface area contributed by atoms with Crippen molar-refractivity contribution in [2.45, 2.75) is 43.4 Å². The van der Waals surface area contributed by atoms with Crippen LogP contribution < -0.4 is 4.74 Å². The summed E-state index contributed by atoms with van der Waals surface area (Å²) in [4.78, 5) is 22.0. The number of rotatable bonds is 6. The molecule has 0 heterocycles. The van der Waals surface area contributed by atoms with Gasteiger partial charge in [0.2, 0.25) is 0 Å². The first-order valence-electron chi connectivity index (χ1n) is 6.00. The molecule has 20 heavy (non-hydrogen) atoms. The summed E-state index contributed by atoms with van der Waals surface area (Å²) < 4.78 is 4.38. The Morgan fingerprint density at radius 1 is 1.40 bits per heavy atom. The van der Waals surface area contributed by atoms with Gasteiger partial charge in [0.25, 0.3) is 5.69 Å². The van der Waals surface area contributed by atoms with Gasteiger partial charge in [0.1, 0.15) is 10.5 Å². The largest absolute Gasteiger partial charge is 0.491 e. The topological polar surface area (TPSA) is 89.7 Å². The van der Waals surface area contributed by atoms with Crippen LogP contribution in [0.3, 0.4) is 0 Å². The zero-order valence-electron chi connectivity index (χ0n) is 11.7. The van der Waals surface area contributed by atoms with Crippen molar-refractivity contribution in [1.29, 1.82) is 0 Å². The lowest BCUT2D eigenvalue weighted by atomic mass is 10.2. The Bertz CT molecular complexity index is 527. The number of hydrogen-bond donors (Lipinski definition) is 1. The fourth-order valence-corrected chi connectivity index (χ4v) is 2.43. The van der Waals surface area contributed by atoms with E-state index < -0.39 is 15.6 Å². The second-order valence-electron chi connectivity index (χ2n) is 5.00. The molecule has 0 aliphatic rings. The number of hydrogen-bond acceptors (Lipinski definition) is 5. The first kappa shape index (κ1) is 16.3. The maximum Gasteiger partial charge on any atom is 0.319 e. The standard InChI is InChI=1S/C13H17NO5S/c1-8(2)19-10-5-9(14(17)18)6-11(7-10)20-13(3,4)12(15)16/h5-8H,1-4H3,(H,15,16). The molecule has 1 rings (SSSR count). The quantitative estimate of drug-likeness (QED) is 0.492. The zero-order chi connectivity index (χ0) is 15.5. The van der Waals surface area contributed by atoms with E-state index in [-0.39, 0.29) is 11.8 Å². The summed E-state index contributed by atoms with van der Waals surface area (Å²) in [6.45, 7) is 6.71. The highest BCUT2D eigenvalue weighted by Crippen LogP contribution is 2.37. The number of carboxylic acids is 1. The van der Waals surface area contributed by atoms with E-state index in [2.05, 4.69) is 0 Å². The monoisotopic (exact) mass is 299 g/mol. The maximum atomic E-state index is 11.1. The Kier molecular flexibility index (Phi) is 4.99. The molecule has 0 saturated carbocycles.